The number of carbonyl (C=O) groups is 1. The lowest BCUT2D eigenvalue weighted by Crippen LogP contribution is -2.30. The highest BCUT2D eigenvalue weighted by Crippen LogP contribution is 2.27. The number of aryl methyl sites for hydroxylation is 1. The highest BCUT2D eigenvalue weighted by molar-refractivity contribution is 6.33. The second-order valence-corrected chi connectivity index (χ2v) is 6.45. The third kappa shape index (κ3) is 4.39. The lowest BCUT2D eigenvalue weighted by molar-refractivity contribution is 0.0962. The number of nitrogens with two attached hydrogens (primary N) is 1. The molecule has 0 radical (unpaired) electrons. The van der Waals surface area contributed by atoms with E-state index in [1.54, 1.807) is 30.3 Å². The van der Waals surface area contributed by atoms with Gasteiger partial charge in [-0.05, 0) is 36.8 Å². The molecule has 3 rings (SSSR count). The maximum absolute atomic E-state index is 12.2. The Balaban J connectivity index is 1.74. The van der Waals surface area contributed by atoms with Gasteiger partial charge in [0.15, 0.2) is 11.6 Å². The molecule has 7 nitrogen and oxygen atoms in total. The summed E-state index contributed by atoms with van der Waals surface area (Å²) in [4.78, 5) is 20.4. The van der Waals surface area contributed by atoms with Crippen LogP contribution in [0.1, 0.15) is 15.9 Å². The zero-order valence-electron chi connectivity index (χ0n) is 14.3. The standard InChI is InChI=1S/C18H16Cl2N6O/c1-10-6-7-11(8-14(10)20)24-16-15(21)17(23-9-22-16)25-26-18(27)12-4-2-3-5-13(12)19/h2-9H,21H2,1H3,(H,26,27)(H2,22,23,24,25). The van der Waals surface area contributed by atoms with Gasteiger partial charge >= 0.3 is 0 Å². The number of halogens is 2. The zero-order chi connectivity index (χ0) is 19.4. The molecular formula is C18H16Cl2N6O. The lowest BCUT2D eigenvalue weighted by atomic mass is 10.2. The molecule has 0 aliphatic carbocycles. The highest BCUT2D eigenvalue weighted by atomic mass is 35.5. The van der Waals surface area contributed by atoms with Gasteiger partial charge in [0.1, 0.15) is 12.0 Å². The number of carbonyl (C=O) groups excluding carboxylic acids is 1. The number of hydrogen-bond donors (Lipinski definition) is 4. The number of rotatable bonds is 5. The molecule has 5 N–H and O–H groups in total. The number of nitrogen functional groups attached to an aromatic ring is 1. The van der Waals surface area contributed by atoms with E-state index < -0.39 is 5.91 Å². The summed E-state index contributed by atoms with van der Waals surface area (Å²) in [6.45, 7) is 1.91. The summed E-state index contributed by atoms with van der Waals surface area (Å²) < 4.78 is 0. The second-order valence-electron chi connectivity index (χ2n) is 5.63. The van der Waals surface area contributed by atoms with E-state index >= 15 is 0 Å². The molecule has 0 fully saturated rings. The van der Waals surface area contributed by atoms with Crippen LogP contribution in [0, 0.1) is 6.92 Å². The number of hydrazine groups is 1. The summed E-state index contributed by atoms with van der Waals surface area (Å²) in [5.41, 5.74) is 13.5. The van der Waals surface area contributed by atoms with Gasteiger partial charge < -0.3 is 11.1 Å². The molecule has 3 aromatic rings. The van der Waals surface area contributed by atoms with Crippen molar-refractivity contribution in [3.8, 4) is 0 Å². The Labute approximate surface area is 165 Å². The van der Waals surface area contributed by atoms with Crippen molar-refractivity contribution < 1.29 is 4.79 Å². The zero-order valence-corrected chi connectivity index (χ0v) is 15.8. The number of benzene rings is 2. The fourth-order valence-corrected chi connectivity index (χ4v) is 2.63. The molecule has 0 saturated heterocycles. The van der Waals surface area contributed by atoms with Gasteiger partial charge in [0.25, 0.3) is 5.91 Å². The minimum Gasteiger partial charge on any atom is -0.393 e. The predicted octanol–water partition coefficient (Wildman–Crippen LogP) is 4.17. The number of amides is 1. The minimum atomic E-state index is -0.418. The number of aromatic nitrogens is 2. The van der Waals surface area contributed by atoms with E-state index in [0.29, 0.717) is 21.4 Å². The number of anilines is 4. The van der Waals surface area contributed by atoms with Crippen LogP contribution in [0.5, 0.6) is 0 Å². The van der Waals surface area contributed by atoms with Gasteiger partial charge in [-0.1, -0.05) is 41.4 Å². The molecule has 0 unspecified atom stereocenters. The highest BCUT2D eigenvalue weighted by Gasteiger charge is 2.12. The topological polar surface area (TPSA) is 105 Å². The minimum absolute atomic E-state index is 0.230. The molecule has 9 heteroatoms. The van der Waals surface area contributed by atoms with Gasteiger partial charge in [0.2, 0.25) is 0 Å². The molecule has 0 aliphatic heterocycles. The van der Waals surface area contributed by atoms with Crippen LogP contribution in [0.15, 0.2) is 48.8 Å². The van der Waals surface area contributed by atoms with Crippen LogP contribution < -0.4 is 21.9 Å². The fraction of sp³-hybridized carbons (Fsp3) is 0.0556. The fourth-order valence-electron chi connectivity index (χ4n) is 2.23. The third-order valence-electron chi connectivity index (χ3n) is 3.73. The summed E-state index contributed by atoms with van der Waals surface area (Å²) in [5.74, 6) is 0.198. The molecule has 2 aromatic carbocycles. The maximum atomic E-state index is 12.2. The van der Waals surface area contributed by atoms with Crippen LogP contribution in [-0.4, -0.2) is 15.9 Å². The van der Waals surface area contributed by atoms with E-state index in [1.807, 2.05) is 19.1 Å². The van der Waals surface area contributed by atoms with Crippen molar-refractivity contribution in [2.45, 2.75) is 6.92 Å². The van der Waals surface area contributed by atoms with Crippen molar-refractivity contribution in [2.75, 3.05) is 16.5 Å². The Kier molecular flexibility index (Phi) is 5.63. The molecule has 0 spiro atoms. The van der Waals surface area contributed by atoms with E-state index in [2.05, 4.69) is 26.1 Å². The molecular weight excluding hydrogens is 387 g/mol. The van der Waals surface area contributed by atoms with Gasteiger partial charge in [-0.3, -0.25) is 15.6 Å². The van der Waals surface area contributed by atoms with Crippen LogP contribution in [-0.2, 0) is 0 Å². The lowest BCUT2D eigenvalue weighted by Gasteiger charge is -2.14. The van der Waals surface area contributed by atoms with E-state index in [9.17, 15) is 4.79 Å². The Morgan fingerprint density at radius 3 is 2.52 bits per heavy atom. The molecule has 1 aromatic heterocycles. The van der Waals surface area contributed by atoms with Gasteiger partial charge in [0.05, 0.1) is 10.6 Å². The molecule has 0 bridgehead atoms. The van der Waals surface area contributed by atoms with Crippen molar-refractivity contribution >= 4 is 52.1 Å². The van der Waals surface area contributed by atoms with E-state index in [1.165, 1.54) is 6.33 Å². The Bertz CT molecular complexity index is 995. The Morgan fingerprint density at radius 1 is 1.04 bits per heavy atom. The van der Waals surface area contributed by atoms with Crippen LogP contribution in [0.2, 0.25) is 10.0 Å². The average molecular weight is 403 g/mol. The first-order valence-corrected chi connectivity index (χ1v) is 8.66. The van der Waals surface area contributed by atoms with Crippen LogP contribution in [0.25, 0.3) is 0 Å². The molecule has 0 atom stereocenters. The molecule has 1 heterocycles. The largest absolute Gasteiger partial charge is 0.393 e. The molecule has 0 aliphatic rings. The first-order chi connectivity index (χ1) is 13.0. The third-order valence-corrected chi connectivity index (χ3v) is 4.47. The second kappa shape index (κ2) is 8.11. The van der Waals surface area contributed by atoms with Gasteiger partial charge in [-0.25, -0.2) is 9.97 Å². The summed E-state index contributed by atoms with van der Waals surface area (Å²) in [6.07, 6.45) is 1.32. The van der Waals surface area contributed by atoms with Crippen LogP contribution in [0.3, 0.4) is 0 Å². The average Bonchev–Trinajstić information content (AvgIpc) is 2.65. The molecule has 27 heavy (non-hydrogen) atoms. The summed E-state index contributed by atoms with van der Waals surface area (Å²) >= 11 is 12.1. The van der Waals surface area contributed by atoms with E-state index in [0.717, 1.165) is 11.3 Å². The Hall–Kier alpha value is -3.03. The van der Waals surface area contributed by atoms with Crippen LogP contribution >= 0.6 is 23.2 Å². The summed E-state index contributed by atoms with van der Waals surface area (Å²) in [5, 5.41) is 4.04. The molecule has 0 saturated carbocycles. The van der Waals surface area contributed by atoms with Gasteiger partial charge in [-0.15, -0.1) is 0 Å². The van der Waals surface area contributed by atoms with Crippen LogP contribution in [0.4, 0.5) is 23.0 Å². The monoisotopic (exact) mass is 402 g/mol. The molecule has 138 valence electrons. The normalized spacial score (nSPS) is 10.3. The summed E-state index contributed by atoms with van der Waals surface area (Å²) in [6, 6.07) is 12.2. The quantitative estimate of drug-likeness (QED) is 0.477. The maximum Gasteiger partial charge on any atom is 0.271 e. The van der Waals surface area contributed by atoms with E-state index in [-0.39, 0.29) is 11.5 Å². The van der Waals surface area contributed by atoms with Crippen molar-refractivity contribution in [3.05, 3.63) is 70.0 Å². The number of nitrogens with zero attached hydrogens (tertiary/aromatic N) is 2. The summed E-state index contributed by atoms with van der Waals surface area (Å²) in [7, 11) is 0. The van der Waals surface area contributed by atoms with Gasteiger partial charge in [-0.2, -0.15) is 0 Å². The smallest absolute Gasteiger partial charge is 0.271 e. The van der Waals surface area contributed by atoms with E-state index in [4.69, 9.17) is 28.9 Å². The van der Waals surface area contributed by atoms with Crippen molar-refractivity contribution in [2.24, 2.45) is 0 Å². The van der Waals surface area contributed by atoms with Crippen molar-refractivity contribution in [1.82, 2.24) is 15.4 Å². The van der Waals surface area contributed by atoms with Crippen molar-refractivity contribution in [3.63, 3.8) is 0 Å². The Morgan fingerprint density at radius 2 is 1.78 bits per heavy atom. The predicted molar refractivity (Wildman–Crippen MR) is 108 cm³/mol. The number of nitrogens with one attached hydrogen (secondary N) is 3. The first kappa shape index (κ1) is 18.8. The van der Waals surface area contributed by atoms with Crippen molar-refractivity contribution in [1.29, 1.82) is 0 Å². The van der Waals surface area contributed by atoms with Gasteiger partial charge in [0, 0.05) is 10.7 Å². The first-order valence-electron chi connectivity index (χ1n) is 7.90. The number of hydrogen-bond acceptors (Lipinski definition) is 6. The molecule has 1 amide bonds. The SMILES string of the molecule is Cc1ccc(Nc2ncnc(NNC(=O)c3ccccc3Cl)c2N)cc1Cl.